The van der Waals surface area contributed by atoms with Crippen molar-refractivity contribution in [2.45, 2.75) is 88.0 Å². The molecule has 0 aromatic carbocycles. The van der Waals surface area contributed by atoms with Crippen molar-refractivity contribution in [3.63, 3.8) is 0 Å². The van der Waals surface area contributed by atoms with Gasteiger partial charge in [-0.25, -0.2) is 0 Å². The highest BCUT2D eigenvalue weighted by molar-refractivity contribution is 6.17. The topological polar surface area (TPSA) is 60.4 Å². The van der Waals surface area contributed by atoms with Crippen molar-refractivity contribution >= 4 is 17.5 Å². The molecule has 0 spiro atoms. The number of ketones is 2. The molecule has 4 nitrogen and oxygen atoms in total. The van der Waals surface area contributed by atoms with E-state index in [1.54, 1.807) is 0 Å². The average Bonchev–Trinajstić information content (AvgIpc) is 2.65. The van der Waals surface area contributed by atoms with E-state index in [1.807, 2.05) is 67.5 Å². The Morgan fingerprint density at radius 1 is 0.903 bits per heavy atom. The molecule has 0 unspecified atom stereocenters. The lowest BCUT2D eigenvalue weighted by molar-refractivity contribution is -0.180. The molecule has 0 radical (unpaired) electrons. The summed E-state index contributed by atoms with van der Waals surface area (Å²) < 4.78 is 5.21. The highest BCUT2D eigenvalue weighted by Crippen LogP contribution is 2.61. The van der Waals surface area contributed by atoms with Gasteiger partial charge in [0.2, 0.25) is 0 Å². The number of hydrogen-bond acceptors (Lipinski definition) is 4. The average molecular weight is 431 g/mol. The van der Waals surface area contributed by atoms with Crippen LogP contribution < -0.4 is 0 Å². The van der Waals surface area contributed by atoms with E-state index in [9.17, 15) is 14.4 Å². The van der Waals surface area contributed by atoms with Gasteiger partial charge >= 0.3 is 5.97 Å². The Kier molecular flexibility index (Phi) is 8.82. The quantitative estimate of drug-likeness (QED) is 0.254. The zero-order valence-corrected chi connectivity index (χ0v) is 21.3. The van der Waals surface area contributed by atoms with Crippen LogP contribution in [0, 0.1) is 22.2 Å². The first-order valence-electron chi connectivity index (χ1n) is 11.2. The Morgan fingerprint density at radius 3 is 1.81 bits per heavy atom. The summed E-state index contributed by atoms with van der Waals surface area (Å²) in [5, 5.41) is 0. The fourth-order valence-electron chi connectivity index (χ4n) is 5.05. The number of carbonyl (C=O) groups excluding carboxylic acids is 3. The molecule has 0 heterocycles. The predicted molar refractivity (Wildman–Crippen MR) is 127 cm³/mol. The molecule has 0 N–H and O–H groups in total. The number of Topliss-reactive ketones (excluding diaryl/α,β-unsaturated/α-hetero) is 2. The zero-order chi connectivity index (χ0) is 24.2. The number of allylic oxidation sites excluding steroid dienone is 6. The van der Waals surface area contributed by atoms with Crippen LogP contribution in [0.25, 0.3) is 0 Å². The van der Waals surface area contributed by atoms with Gasteiger partial charge in [-0.3, -0.25) is 14.4 Å². The second-order valence-corrected chi connectivity index (χ2v) is 10.5. The van der Waals surface area contributed by atoms with E-state index in [2.05, 4.69) is 6.08 Å². The second kappa shape index (κ2) is 10.1. The molecule has 31 heavy (non-hydrogen) atoms. The molecular formula is C27H42O4. The molecule has 0 aromatic rings. The second-order valence-electron chi connectivity index (χ2n) is 10.5. The van der Waals surface area contributed by atoms with E-state index >= 15 is 0 Å². The van der Waals surface area contributed by atoms with Gasteiger partial charge in [0.15, 0.2) is 5.78 Å². The van der Waals surface area contributed by atoms with Crippen LogP contribution in [0.5, 0.6) is 0 Å². The maximum atomic E-state index is 14.3. The summed E-state index contributed by atoms with van der Waals surface area (Å²) in [6.07, 6.45) is 7.69. The number of methoxy groups -OCH3 is 1. The number of rotatable bonds is 8. The summed E-state index contributed by atoms with van der Waals surface area (Å²) in [5.74, 6) is -1.02. The van der Waals surface area contributed by atoms with E-state index in [1.165, 1.54) is 19.6 Å². The first-order valence-corrected chi connectivity index (χ1v) is 11.2. The van der Waals surface area contributed by atoms with E-state index < -0.39 is 22.2 Å². The predicted octanol–water partition coefficient (Wildman–Crippen LogP) is 6.41. The van der Waals surface area contributed by atoms with Gasteiger partial charge < -0.3 is 4.74 Å². The first-order chi connectivity index (χ1) is 14.2. The smallest absolute Gasteiger partial charge is 0.319 e. The van der Waals surface area contributed by atoms with Crippen molar-refractivity contribution in [2.75, 3.05) is 7.11 Å². The van der Waals surface area contributed by atoms with E-state index in [4.69, 9.17) is 4.74 Å². The third-order valence-corrected chi connectivity index (χ3v) is 7.20. The van der Waals surface area contributed by atoms with Crippen molar-refractivity contribution in [1.29, 1.82) is 0 Å². The third kappa shape index (κ3) is 5.10. The van der Waals surface area contributed by atoms with Crippen LogP contribution in [0.2, 0.25) is 0 Å². The van der Waals surface area contributed by atoms with Crippen LogP contribution in [-0.2, 0) is 19.1 Å². The lowest BCUT2D eigenvalue weighted by Crippen LogP contribution is -2.64. The summed E-state index contributed by atoms with van der Waals surface area (Å²) in [6, 6.07) is 0. The SMILES string of the molecule is COC(=O)[C@@]1(CC=C(C)C)C[C@@H](CC=C(C)C)C(C)(C)[C@@](CC=C(C)C)(C(C)=O)C1=O. The molecule has 174 valence electrons. The molecule has 1 aliphatic carbocycles. The third-order valence-electron chi connectivity index (χ3n) is 7.20. The van der Waals surface area contributed by atoms with Crippen molar-refractivity contribution in [3.05, 3.63) is 34.9 Å². The van der Waals surface area contributed by atoms with Crippen LogP contribution in [0.4, 0.5) is 0 Å². The minimum atomic E-state index is -1.36. The highest BCUT2D eigenvalue weighted by atomic mass is 16.5. The zero-order valence-electron chi connectivity index (χ0n) is 21.3. The molecule has 3 atom stereocenters. The summed E-state index contributed by atoms with van der Waals surface area (Å²) in [6.45, 7) is 17.5. The van der Waals surface area contributed by atoms with Crippen LogP contribution in [0.15, 0.2) is 34.9 Å². The van der Waals surface area contributed by atoms with Gasteiger partial charge in [0, 0.05) is 0 Å². The lowest BCUT2D eigenvalue weighted by Gasteiger charge is -2.57. The molecule has 1 rings (SSSR count). The summed E-state index contributed by atoms with van der Waals surface area (Å²) in [5.41, 5.74) is -0.00705. The fourth-order valence-corrected chi connectivity index (χ4v) is 5.05. The van der Waals surface area contributed by atoms with Crippen LogP contribution in [-0.4, -0.2) is 24.6 Å². The Bertz CT molecular complexity index is 799. The van der Waals surface area contributed by atoms with Gasteiger partial charge in [-0.2, -0.15) is 0 Å². The molecule has 1 saturated carbocycles. The fraction of sp³-hybridized carbons (Fsp3) is 0.667. The van der Waals surface area contributed by atoms with Gasteiger partial charge in [-0.1, -0.05) is 48.8 Å². The van der Waals surface area contributed by atoms with Crippen molar-refractivity contribution in [3.8, 4) is 0 Å². The Labute approximate surface area is 189 Å². The number of esters is 1. The summed E-state index contributed by atoms with van der Waals surface area (Å²) in [7, 11) is 1.33. The van der Waals surface area contributed by atoms with Gasteiger partial charge in [-0.15, -0.1) is 0 Å². The standard InChI is InChI=1S/C27H42O4/c1-18(2)11-12-22-17-26(24(30)31-10,15-13-19(3)4)23(29)27(21(7)28,25(22,8)9)16-14-20(5)6/h11,13-14,22H,12,15-17H2,1-10H3/t22-,26+,27+/m1/s1. The summed E-state index contributed by atoms with van der Waals surface area (Å²) in [4.78, 5) is 40.9. The molecule has 4 heteroatoms. The van der Waals surface area contributed by atoms with Gasteiger partial charge in [0.05, 0.1) is 12.5 Å². The highest BCUT2D eigenvalue weighted by Gasteiger charge is 2.68. The number of carbonyl (C=O) groups is 3. The monoisotopic (exact) mass is 430 g/mol. The lowest BCUT2D eigenvalue weighted by atomic mass is 9.43. The van der Waals surface area contributed by atoms with Gasteiger partial charge in [0.1, 0.15) is 11.2 Å². The van der Waals surface area contributed by atoms with E-state index in [0.29, 0.717) is 19.3 Å². The molecule has 1 fully saturated rings. The van der Waals surface area contributed by atoms with Crippen molar-refractivity contribution < 1.29 is 19.1 Å². The van der Waals surface area contributed by atoms with E-state index in [-0.39, 0.29) is 23.9 Å². The van der Waals surface area contributed by atoms with Crippen LogP contribution in [0.3, 0.4) is 0 Å². The van der Waals surface area contributed by atoms with Crippen LogP contribution >= 0.6 is 0 Å². The molecular weight excluding hydrogens is 388 g/mol. The summed E-state index contributed by atoms with van der Waals surface area (Å²) >= 11 is 0. The number of ether oxygens (including phenoxy) is 1. The van der Waals surface area contributed by atoms with Crippen molar-refractivity contribution in [2.24, 2.45) is 22.2 Å². The minimum Gasteiger partial charge on any atom is -0.468 e. The molecule has 0 aromatic heterocycles. The van der Waals surface area contributed by atoms with Crippen LogP contribution in [0.1, 0.15) is 88.0 Å². The maximum absolute atomic E-state index is 14.3. The minimum absolute atomic E-state index is 0.0285. The number of hydrogen-bond donors (Lipinski definition) is 0. The Hall–Kier alpha value is -1.97. The van der Waals surface area contributed by atoms with Gasteiger partial charge in [0.25, 0.3) is 0 Å². The van der Waals surface area contributed by atoms with Gasteiger partial charge in [-0.05, 0) is 85.5 Å². The Balaban J connectivity index is 3.93. The first kappa shape index (κ1) is 27.1. The molecule has 0 bridgehead atoms. The van der Waals surface area contributed by atoms with Crippen molar-refractivity contribution in [1.82, 2.24) is 0 Å². The largest absolute Gasteiger partial charge is 0.468 e. The molecule has 0 saturated heterocycles. The molecule has 0 amide bonds. The molecule has 1 aliphatic rings. The normalized spacial score (nSPS) is 27.2. The Morgan fingerprint density at radius 2 is 1.39 bits per heavy atom. The molecule has 0 aliphatic heterocycles. The maximum Gasteiger partial charge on any atom is 0.319 e. The van der Waals surface area contributed by atoms with E-state index in [0.717, 1.165) is 11.1 Å².